The summed E-state index contributed by atoms with van der Waals surface area (Å²) in [5.74, 6) is 1.39. The Morgan fingerprint density at radius 3 is 2.58 bits per heavy atom. The first-order valence-electron chi connectivity index (χ1n) is 6.62. The van der Waals surface area contributed by atoms with Crippen molar-refractivity contribution >= 4 is 11.6 Å². The summed E-state index contributed by atoms with van der Waals surface area (Å²) < 4.78 is 11.2. The maximum absolute atomic E-state index is 8.75. The molecule has 19 heavy (non-hydrogen) atoms. The summed E-state index contributed by atoms with van der Waals surface area (Å²) in [6.07, 6.45) is 0.934. The Morgan fingerprint density at radius 2 is 1.95 bits per heavy atom. The number of ether oxygens (including phenoxy) is 2. The third kappa shape index (κ3) is 5.27. The predicted octanol–water partition coefficient (Wildman–Crippen LogP) is 2.61. The van der Waals surface area contributed by atoms with Crippen molar-refractivity contribution in [2.75, 3.05) is 26.4 Å². The molecular weight excluding hydrogens is 266 g/mol. The Kier molecular flexibility index (Phi) is 7.63. The van der Waals surface area contributed by atoms with Crippen LogP contribution in [0.25, 0.3) is 0 Å². The molecule has 0 aliphatic rings. The summed E-state index contributed by atoms with van der Waals surface area (Å²) in [5, 5.41) is 12.5. The molecule has 0 spiro atoms. The second kappa shape index (κ2) is 9.02. The molecule has 0 heterocycles. The molecule has 0 aromatic heterocycles. The van der Waals surface area contributed by atoms with Crippen LogP contribution in [0, 0.1) is 0 Å². The largest absolute Gasteiger partial charge is 0.490 e. The highest BCUT2D eigenvalue weighted by Gasteiger charge is 2.10. The lowest BCUT2D eigenvalue weighted by atomic mass is 10.2. The van der Waals surface area contributed by atoms with E-state index < -0.39 is 0 Å². The van der Waals surface area contributed by atoms with Gasteiger partial charge in [-0.3, -0.25) is 0 Å². The molecule has 0 aliphatic heterocycles. The summed E-state index contributed by atoms with van der Waals surface area (Å²) in [6, 6.07) is 3.68. The zero-order valence-electron chi connectivity index (χ0n) is 11.5. The van der Waals surface area contributed by atoms with Crippen molar-refractivity contribution in [2.45, 2.75) is 26.8 Å². The van der Waals surface area contributed by atoms with Crippen LogP contribution in [-0.2, 0) is 6.54 Å². The van der Waals surface area contributed by atoms with Gasteiger partial charge in [0, 0.05) is 24.2 Å². The van der Waals surface area contributed by atoms with E-state index >= 15 is 0 Å². The van der Waals surface area contributed by atoms with Gasteiger partial charge in [0.05, 0.1) is 19.8 Å². The topological polar surface area (TPSA) is 50.7 Å². The van der Waals surface area contributed by atoms with Gasteiger partial charge in [0.1, 0.15) is 0 Å². The number of benzene rings is 1. The van der Waals surface area contributed by atoms with Crippen molar-refractivity contribution in [3.05, 3.63) is 22.7 Å². The lowest BCUT2D eigenvalue weighted by molar-refractivity contribution is 0.276. The van der Waals surface area contributed by atoms with E-state index in [0.717, 1.165) is 12.0 Å². The number of halogens is 1. The molecule has 108 valence electrons. The van der Waals surface area contributed by atoms with Crippen molar-refractivity contribution in [3.8, 4) is 11.5 Å². The number of rotatable bonds is 9. The molecule has 0 atom stereocenters. The van der Waals surface area contributed by atoms with Gasteiger partial charge in [0.2, 0.25) is 0 Å². The first kappa shape index (κ1) is 16.1. The molecule has 0 bridgehead atoms. The molecule has 0 unspecified atom stereocenters. The van der Waals surface area contributed by atoms with Crippen LogP contribution in [0.2, 0.25) is 5.02 Å². The zero-order chi connectivity index (χ0) is 14.1. The lowest BCUT2D eigenvalue weighted by Crippen LogP contribution is -2.17. The first-order valence-corrected chi connectivity index (χ1v) is 7.00. The molecule has 1 aromatic carbocycles. The van der Waals surface area contributed by atoms with Crippen LogP contribution < -0.4 is 14.8 Å². The summed E-state index contributed by atoms with van der Waals surface area (Å²) in [7, 11) is 0. The third-order valence-corrected chi connectivity index (χ3v) is 2.83. The van der Waals surface area contributed by atoms with E-state index in [2.05, 4.69) is 12.2 Å². The number of aliphatic hydroxyl groups is 1. The Hall–Kier alpha value is -0.970. The molecule has 0 radical (unpaired) electrons. The predicted molar refractivity (Wildman–Crippen MR) is 77.2 cm³/mol. The van der Waals surface area contributed by atoms with E-state index in [0.29, 0.717) is 42.8 Å². The highest BCUT2D eigenvalue weighted by atomic mass is 35.5. The Bertz CT molecular complexity index is 385. The summed E-state index contributed by atoms with van der Waals surface area (Å²) in [6.45, 7) is 6.43. The molecule has 0 amide bonds. The number of hydrogen-bond donors (Lipinski definition) is 2. The SMILES string of the molecule is CCCOc1cc(Cl)c(CNCCO)cc1OCC. The van der Waals surface area contributed by atoms with Gasteiger partial charge in [-0.25, -0.2) is 0 Å². The van der Waals surface area contributed by atoms with Crippen molar-refractivity contribution in [3.63, 3.8) is 0 Å². The van der Waals surface area contributed by atoms with Crippen LogP contribution in [0.3, 0.4) is 0 Å². The molecular formula is C14H22ClNO3. The smallest absolute Gasteiger partial charge is 0.162 e. The second-order valence-corrected chi connectivity index (χ2v) is 4.48. The minimum absolute atomic E-state index is 0.105. The number of nitrogens with one attached hydrogen (secondary N) is 1. The summed E-state index contributed by atoms with van der Waals surface area (Å²) in [5.41, 5.74) is 0.933. The van der Waals surface area contributed by atoms with Crippen molar-refractivity contribution < 1.29 is 14.6 Å². The molecule has 0 saturated heterocycles. The summed E-state index contributed by atoms with van der Waals surface area (Å²) >= 11 is 6.22. The molecule has 1 rings (SSSR count). The third-order valence-electron chi connectivity index (χ3n) is 2.48. The van der Waals surface area contributed by atoms with Gasteiger partial charge in [-0.05, 0) is 25.0 Å². The van der Waals surface area contributed by atoms with E-state index in [1.54, 1.807) is 6.07 Å². The van der Waals surface area contributed by atoms with Gasteiger partial charge in [-0.1, -0.05) is 18.5 Å². The average Bonchev–Trinajstić information content (AvgIpc) is 2.40. The highest BCUT2D eigenvalue weighted by molar-refractivity contribution is 6.31. The van der Waals surface area contributed by atoms with Crippen molar-refractivity contribution in [1.29, 1.82) is 0 Å². The van der Waals surface area contributed by atoms with Gasteiger partial charge in [0.25, 0.3) is 0 Å². The van der Waals surface area contributed by atoms with Crippen LogP contribution in [-0.4, -0.2) is 31.5 Å². The molecule has 0 aliphatic carbocycles. The molecule has 1 aromatic rings. The highest BCUT2D eigenvalue weighted by Crippen LogP contribution is 2.33. The number of aliphatic hydroxyl groups excluding tert-OH is 1. The quantitative estimate of drug-likeness (QED) is 0.686. The van der Waals surface area contributed by atoms with E-state index in [9.17, 15) is 0 Å². The average molecular weight is 288 g/mol. The maximum atomic E-state index is 8.75. The Balaban J connectivity index is 2.85. The van der Waals surface area contributed by atoms with Crippen LogP contribution in [0.5, 0.6) is 11.5 Å². The minimum atomic E-state index is 0.105. The van der Waals surface area contributed by atoms with Gasteiger partial charge in [0.15, 0.2) is 11.5 Å². The molecule has 0 saturated carbocycles. The molecule has 2 N–H and O–H groups in total. The Labute approximate surface area is 119 Å². The second-order valence-electron chi connectivity index (χ2n) is 4.07. The van der Waals surface area contributed by atoms with Gasteiger partial charge in [-0.15, -0.1) is 0 Å². The van der Waals surface area contributed by atoms with Crippen LogP contribution in [0.1, 0.15) is 25.8 Å². The van der Waals surface area contributed by atoms with Gasteiger partial charge < -0.3 is 19.9 Å². The Morgan fingerprint density at radius 1 is 1.21 bits per heavy atom. The van der Waals surface area contributed by atoms with Crippen LogP contribution in [0.15, 0.2) is 12.1 Å². The van der Waals surface area contributed by atoms with Crippen molar-refractivity contribution in [1.82, 2.24) is 5.32 Å². The molecule has 5 heteroatoms. The fourth-order valence-corrected chi connectivity index (χ4v) is 1.83. The maximum Gasteiger partial charge on any atom is 0.162 e. The monoisotopic (exact) mass is 287 g/mol. The molecule has 4 nitrogen and oxygen atoms in total. The fraction of sp³-hybridized carbons (Fsp3) is 0.571. The van der Waals surface area contributed by atoms with Crippen LogP contribution in [0.4, 0.5) is 0 Å². The number of hydrogen-bond acceptors (Lipinski definition) is 4. The minimum Gasteiger partial charge on any atom is -0.490 e. The zero-order valence-corrected chi connectivity index (χ0v) is 12.3. The van der Waals surface area contributed by atoms with Gasteiger partial charge in [-0.2, -0.15) is 0 Å². The van der Waals surface area contributed by atoms with E-state index in [-0.39, 0.29) is 6.61 Å². The molecule has 0 fully saturated rings. The standard InChI is InChI=1S/C14H22ClNO3/c1-3-7-19-14-9-12(15)11(10-16-5-6-17)8-13(14)18-4-2/h8-9,16-17H,3-7,10H2,1-2H3. The van der Waals surface area contributed by atoms with Crippen LogP contribution >= 0.6 is 11.6 Å². The first-order chi connectivity index (χ1) is 9.22. The normalized spacial score (nSPS) is 10.5. The summed E-state index contributed by atoms with van der Waals surface area (Å²) in [4.78, 5) is 0. The lowest BCUT2D eigenvalue weighted by Gasteiger charge is -2.14. The van der Waals surface area contributed by atoms with E-state index in [4.69, 9.17) is 26.2 Å². The fourth-order valence-electron chi connectivity index (χ4n) is 1.61. The van der Waals surface area contributed by atoms with Crippen molar-refractivity contribution in [2.24, 2.45) is 0 Å². The van der Waals surface area contributed by atoms with E-state index in [1.165, 1.54) is 0 Å². The van der Waals surface area contributed by atoms with Gasteiger partial charge >= 0.3 is 0 Å². The van der Waals surface area contributed by atoms with E-state index in [1.807, 2.05) is 13.0 Å².